The van der Waals surface area contributed by atoms with Gasteiger partial charge in [0.25, 0.3) is 0 Å². The minimum absolute atomic E-state index is 0.0883. The van der Waals surface area contributed by atoms with Crippen LogP contribution in [0.15, 0.2) is 48.5 Å². The molecule has 5 rings (SSSR count). The molecular weight excluding hydrogens is 426 g/mol. The molecule has 3 N–H and O–H groups in total. The van der Waals surface area contributed by atoms with Crippen LogP contribution in [0.4, 0.5) is 11.8 Å². The molecule has 34 heavy (non-hydrogen) atoms. The molecule has 1 fully saturated rings. The number of fused-ring (bicyclic) bond motifs is 2. The van der Waals surface area contributed by atoms with Crippen molar-refractivity contribution in [2.45, 2.75) is 50.6 Å². The van der Waals surface area contributed by atoms with E-state index >= 15 is 0 Å². The Morgan fingerprint density at radius 1 is 0.941 bits per heavy atom. The number of imidazole rings is 1. The molecule has 0 radical (unpaired) electrons. The molecule has 2 heterocycles. The third kappa shape index (κ3) is 4.95. The van der Waals surface area contributed by atoms with Gasteiger partial charge in [-0.2, -0.15) is 4.98 Å². The molecule has 1 amide bonds. The molecule has 0 aliphatic heterocycles. The van der Waals surface area contributed by atoms with E-state index in [2.05, 4.69) is 26.7 Å². The zero-order chi connectivity index (χ0) is 23.5. The molecule has 2 aromatic heterocycles. The van der Waals surface area contributed by atoms with Crippen molar-refractivity contribution in [1.82, 2.24) is 25.3 Å². The largest absolute Gasteiger partial charge is 0.362 e. The molecule has 0 spiro atoms. The number of amides is 1. The lowest BCUT2D eigenvalue weighted by atomic mass is 9.91. The second-order valence-corrected chi connectivity index (χ2v) is 9.24. The van der Waals surface area contributed by atoms with Crippen LogP contribution in [0.5, 0.6) is 0 Å². The average molecular weight is 458 g/mol. The zero-order valence-corrected chi connectivity index (χ0v) is 19.7. The number of nitrogens with one attached hydrogen (secondary N) is 3. The molecule has 2 aromatic carbocycles. The molecule has 1 aliphatic rings. The Labute approximate surface area is 199 Å². The van der Waals surface area contributed by atoms with Crippen molar-refractivity contribution in [1.29, 1.82) is 0 Å². The first-order chi connectivity index (χ1) is 16.5. The standard InChI is InChI=1S/C26H31N7O/c1-33(2)25-19-7-3-4-8-20(19)31-26(32-25)28-18-13-11-17(12-14-18)27-24(34)16-15-23-29-21-9-5-6-10-22(21)30-23/h3-10,17-18H,11-16H2,1-2H3,(H,27,34)(H,29,30)(H,28,31,32). The second kappa shape index (κ2) is 9.67. The smallest absolute Gasteiger partial charge is 0.225 e. The number of nitrogens with zero attached hydrogens (tertiary/aromatic N) is 4. The third-order valence-electron chi connectivity index (χ3n) is 6.46. The van der Waals surface area contributed by atoms with E-state index in [0.29, 0.717) is 24.8 Å². The first kappa shape index (κ1) is 22.1. The van der Waals surface area contributed by atoms with E-state index in [0.717, 1.165) is 59.3 Å². The van der Waals surface area contributed by atoms with Gasteiger partial charge in [0.05, 0.1) is 16.6 Å². The lowest BCUT2D eigenvalue weighted by Crippen LogP contribution is -2.40. The minimum Gasteiger partial charge on any atom is -0.362 e. The van der Waals surface area contributed by atoms with Gasteiger partial charge in [0.1, 0.15) is 11.6 Å². The molecule has 8 heteroatoms. The van der Waals surface area contributed by atoms with Gasteiger partial charge in [0.2, 0.25) is 11.9 Å². The van der Waals surface area contributed by atoms with E-state index in [4.69, 9.17) is 9.97 Å². The highest BCUT2D eigenvalue weighted by molar-refractivity contribution is 5.90. The normalized spacial score (nSPS) is 18.2. The van der Waals surface area contributed by atoms with Gasteiger partial charge < -0.3 is 20.5 Å². The van der Waals surface area contributed by atoms with Crippen LogP contribution < -0.4 is 15.5 Å². The van der Waals surface area contributed by atoms with Crippen LogP contribution in [-0.4, -0.2) is 52.0 Å². The highest BCUT2D eigenvalue weighted by Crippen LogP contribution is 2.26. The number of para-hydroxylation sites is 3. The fourth-order valence-electron chi connectivity index (χ4n) is 4.69. The third-order valence-corrected chi connectivity index (χ3v) is 6.46. The SMILES string of the molecule is CN(C)c1nc(NC2CCC(NC(=O)CCc3nc4ccccc4[nH]3)CC2)nc2ccccc12. The zero-order valence-electron chi connectivity index (χ0n) is 19.7. The van der Waals surface area contributed by atoms with Gasteiger partial charge in [-0.05, 0) is 49.9 Å². The molecule has 1 saturated carbocycles. The summed E-state index contributed by atoms with van der Waals surface area (Å²) in [6.07, 6.45) is 4.90. The summed E-state index contributed by atoms with van der Waals surface area (Å²) in [6, 6.07) is 16.5. The summed E-state index contributed by atoms with van der Waals surface area (Å²) in [5.41, 5.74) is 2.89. The first-order valence-corrected chi connectivity index (χ1v) is 12.0. The number of hydrogen-bond acceptors (Lipinski definition) is 6. The van der Waals surface area contributed by atoms with Crippen LogP contribution in [0.1, 0.15) is 37.9 Å². The molecule has 0 unspecified atom stereocenters. The van der Waals surface area contributed by atoms with Crippen molar-refractivity contribution in [3.63, 3.8) is 0 Å². The van der Waals surface area contributed by atoms with Crippen molar-refractivity contribution < 1.29 is 4.79 Å². The molecule has 0 bridgehead atoms. The highest BCUT2D eigenvalue weighted by atomic mass is 16.1. The van der Waals surface area contributed by atoms with E-state index < -0.39 is 0 Å². The Balaban J connectivity index is 1.12. The molecule has 4 aromatic rings. The predicted octanol–water partition coefficient (Wildman–Crippen LogP) is 4.04. The van der Waals surface area contributed by atoms with Gasteiger partial charge in [-0.25, -0.2) is 9.97 Å². The minimum atomic E-state index is 0.0883. The van der Waals surface area contributed by atoms with E-state index in [1.54, 1.807) is 0 Å². The number of aromatic amines is 1. The maximum Gasteiger partial charge on any atom is 0.225 e. The van der Waals surface area contributed by atoms with Crippen molar-refractivity contribution in [3.8, 4) is 0 Å². The lowest BCUT2D eigenvalue weighted by Gasteiger charge is -2.30. The number of carbonyl (C=O) groups excluding carboxylic acids is 1. The number of rotatable bonds is 7. The molecular formula is C26H31N7O. The lowest BCUT2D eigenvalue weighted by molar-refractivity contribution is -0.122. The number of anilines is 2. The Morgan fingerprint density at radius 2 is 1.65 bits per heavy atom. The van der Waals surface area contributed by atoms with E-state index in [-0.39, 0.29) is 11.9 Å². The van der Waals surface area contributed by atoms with Crippen LogP contribution in [0.25, 0.3) is 21.9 Å². The number of benzene rings is 2. The number of H-pyrrole nitrogens is 1. The fourth-order valence-corrected chi connectivity index (χ4v) is 4.69. The Morgan fingerprint density at radius 3 is 2.41 bits per heavy atom. The van der Waals surface area contributed by atoms with Gasteiger partial charge in [-0.1, -0.05) is 24.3 Å². The van der Waals surface area contributed by atoms with Gasteiger partial charge in [0.15, 0.2) is 0 Å². The Hall–Kier alpha value is -3.68. The maximum atomic E-state index is 12.5. The highest BCUT2D eigenvalue weighted by Gasteiger charge is 2.23. The number of aromatic nitrogens is 4. The predicted molar refractivity (Wildman–Crippen MR) is 136 cm³/mol. The van der Waals surface area contributed by atoms with Gasteiger partial charge in [-0.3, -0.25) is 4.79 Å². The molecule has 0 saturated heterocycles. The van der Waals surface area contributed by atoms with Crippen molar-refractivity contribution in [2.75, 3.05) is 24.3 Å². The molecule has 1 aliphatic carbocycles. The van der Waals surface area contributed by atoms with E-state index in [1.807, 2.05) is 61.5 Å². The second-order valence-electron chi connectivity index (χ2n) is 9.24. The van der Waals surface area contributed by atoms with Crippen LogP contribution in [0.3, 0.4) is 0 Å². The summed E-state index contributed by atoms with van der Waals surface area (Å²) in [4.78, 5) is 31.9. The number of hydrogen-bond donors (Lipinski definition) is 3. The monoisotopic (exact) mass is 457 g/mol. The topological polar surface area (TPSA) is 98.8 Å². The molecule has 0 atom stereocenters. The van der Waals surface area contributed by atoms with Gasteiger partial charge in [-0.15, -0.1) is 0 Å². The van der Waals surface area contributed by atoms with Crippen LogP contribution in [-0.2, 0) is 11.2 Å². The summed E-state index contributed by atoms with van der Waals surface area (Å²) < 4.78 is 0. The fraction of sp³-hybridized carbons (Fsp3) is 0.385. The van der Waals surface area contributed by atoms with Gasteiger partial charge in [0, 0.05) is 44.4 Å². The average Bonchev–Trinajstić information content (AvgIpc) is 3.26. The van der Waals surface area contributed by atoms with E-state index in [9.17, 15) is 4.79 Å². The molecule has 8 nitrogen and oxygen atoms in total. The summed E-state index contributed by atoms with van der Waals surface area (Å²) in [5.74, 6) is 2.53. The molecule has 176 valence electrons. The number of aryl methyl sites for hydroxylation is 1. The van der Waals surface area contributed by atoms with Crippen LogP contribution >= 0.6 is 0 Å². The number of carbonyl (C=O) groups is 1. The van der Waals surface area contributed by atoms with Crippen molar-refractivity contribution >= 4 is 39.6 Å². The summed E-state index contributed by atoms with van der Waals surface area (Å²) in [6.45, 7) is 0. The van der Waals surface area contributed by atoms with Crippen molar-refractivity contribution in [2.24, 2.45) is 0 Å². The van der Waals surface area contributed by atoms with Crippen LogP contribution in [0.2, 0.25) is 0 Å². The van der Waals surface area contributed by atoms with Gasteiger partial charge >= 0.3 is 0 Å². The van der Waals surface area contributed by atoms with Crippen molar-refractivity contribution in [3.05, 3.63) is 54.4 Å². The Kier molecular flexibility index (Phi) is 6.29. The summed E-state index contributed by atoms with van der Waals surface area (Å²) >= 11 is 0. The first-order valence-electron chi connectivity index (χ1n) is 12.0. The van der Waals surface area contributed by atoms with E-state index in [1.165, 1.54) is 0 Å². The summed E-state index contributed by atoms with van der Waals surface area (Å²) in [7, 11) is 4.00. The maximum absolute atomic E-state index is 12.5. The van der Waals surface area contributed by atoms with Crippen LogP contribution in [0, 0.1) is 0 Å². The summed E-state index contributed by atoms with van der Waals surface area (Å²) in [5, 5.41) is 7.78. The quantitative estimate of drug-likeness (QED) is 0.387. The Bertz CT molecular complexity index is 1260.